The van der Waals surface area contributed by atoms with Crippen molar-refractivity contribution in [2.24, 2.45) is 5.92 Å². The smallest absolute Gasteiger partial charge is 0.317 e. The van der Waals surface area contributed by atoms with Gasteiger partial charge in [0, 0.05) is 17.1 Å². The molecule has 6 nitrogen and oxygen atoms in total. The molecular weight excluding hydrogens is 316 g/mol. The maximum Gasteiger partial charge on any atom is 0.317 e. The number of halogens is 1. The van der Waals surface area contributed by atoms with E-state index in [1.165, 1.54) is 0 Å². The molecular formula is C16H19ClN4O2. The Bertz CT molecular complexity index is 680. The number of carboxylic acids is 1. The van der Waals surface area contributed by atoms with Crippen molar-refractivity contribution in [3.8, 4) is 11.3 Å². The highest BCUT2D eigenvalue weighted by Crippen LogP contribution is 2.22. The molecule has 0 saturated carbocycles. The molecule has 1 aromatic heterocycles. The lowest BCUT2D eigenvalue weighted by molar-refractivity contribution is -0.138. The average molecular weight is 335 g/mol. The third-order valence-electron chi connectivity index (χ3n) is 4.17. The number of aromatic nitrogens is 3. The molecule has 0 radical (unpaired) electrons. The number of aliphatic carboxylic acids is 1. The predicted molar refractivity (Wildman–Crippen MR) is 87.3 cm³/mol. The van der Waals surface area contributed by atoms with Gasteiger partial charge >= 0.3 is 5.97 Å². The van der Waals surface area contributed by atoms with Gasteiger partial charge in [0.2, 0.25) is 0 Å². The monoisotopic (exact) mass is 334 g/mol. The fourth-order valence-electron chi connectivity index (χ4n) is 2.95. The molecule has 122 valence electrons. The molecule has 0 unspecified atom stereocenters. The molecule has 2 aromatic rings. The van der Waals surface area contributed by atoms with Crippen LogP contribution in [0.15, 0.2) is 30.5 Å². The van der Waals surface area contributed by atoms with E-state index >= 15 is 0 Å². The van der Waals surface area contributed by atoms with E-state index in [2.05, 4.69) is 10.3 Å². The molecule has 3 rings (SSSR count). The second-order valence-corrected chi connectivity index (χ2v) is 6.39. The largest absolute Gasteiger partial charge is 0.480 e. The van der Waals surface area contributed by atoms with Crippen LogP contribution < -0.4 is 0 Å². The van der Waals surface area contributed by atoms with Crippen LogP contribution in [0.5, 0.6) is 0 Å². The Morgan fingerprint density at radius 2 is 2.13 bits per heavy atom. The highest BCUT2D eigenvalue weighted by Gasteiger charge is 2.21. The van der Waals surface area contributed by atoms with Crippen LogP contribution in [-0.4, -0.2) is 50.6 Å². The summed E-state index contributed by atoms with van der Waals surface area (Å²) in [6, 6.07) is 7.57. The molecule has 1 N–H and O–H groups in total. The topological polar surface area (TPSA) is 71.2 Å². The summed E-state index contributed by atoms with van der Waals surface area (Å²) in [6.45, 7) is 2.60. The SMILES string of the molecule is O=C(O)CN1CCC(Cn2cc(-c3cccc(Cl)c3)nn2)CC1. The molecule has 1 aliphatic heterocycles. The Kier molecular flexibility index (Phi) is 4.93. The Morgan fingerprint density at radius 3 is 2.83 bits per heavy atom. The zero-order valence-corrected chi connectivity index (χ0v) is 13.5. The summed E-state index contributed by atoms with van der Waals surface area (Å²) >= 11 is 6.01. The Morgan fingerprint density at radius 1 is 1.35 bits per heavy atom. The number of carboxylic acid groups (broad SMARTS) is 1. The summed E-state index contributed by atoms with van der Waals surface area (Å²) in [5.74, 6) is -0.250. The maximum absolute atomic E-state index is 10.7. The molecule has 0 bridgehead atoms. The lowest BCUT2D eigenvalue weighted by Gasteiger charge is -2.30. The van der Waals surface area contributed by atoms with Crippen LogP contribution in [0.2, 0.25) is 5.02 Å². The third-order valence-corrected chi connectivity index (χ3v) is 4.41. The number of hydrogen-bond donors (Lipinski definition) is 1. The van der Waals surface area contributed by atoms with Crippen molar-refractivity contribution in [3.05, 3.63) is 35.5 Å². The van der Waals surface area contributed by atoms with E-state index in [4.69, 9.17) is 16.7 Å². The fourth-order valence-corrected chi connectivity index (χ4v) is 3.14. The third kappa shape index (κ3) is 4.30. The number of benzene rings is 1. The van der Waals surface area contributed by atoms with Gasteiger partial charge in [0.25, 0.3) is 0 Å². The van der Waals surface area contributed by atoms with Crippen molar-refractivity contribution in [3.63, 3.8) is 0 Å². The van der Waals surface area contributed by atoms with Gasteiger partial charge in [-0.25, -0.2) is 0 Å². The molecule has 1 fully saturated rings. The standard InChI is InChI=1S/C16H19ClN4O2/c17-14-3-1-2-13(8-14)15-10-21(19-18-15)9-12-4-6-20(7-5-12)11-16(22)23/h1-3,8,10,12H,4-7,9,11H2,(H,22,23). The van der Waals surface area contributed by atoms with Crippen molar-refractivity contribution >= 4 is 17.6 Å². The highest BCUT2D eigenvalue weighted by molar-refractivity contribution is 6.30. The lowest BCUT2D eigenvalue weighted by atomic mass is 9.97. The van der Waals surface area contributed by atoms with Crippen LogP contribution >= 0.6 is 11.6 Å². The number of rotatable bonds is 5. The van der Waals surface area contributed by atoms with Crippen LogP contribution in [0.25, 0.3) is 11.3 Å². The first-order valence-electron chi connectivity index (χ1n) is 7.70. The van der Waals surface area contributed by atoms with Gasteiger partial charge in [-0.15, -0.1) is 5.10 Å². The van der Waals surface area contributed by atoms with Gasteiger partial charge in [-0.1, -0.05) is 28.9 Å². The highest BCUT2D eigenvalue weighted by atomic mass is 35.5. The molecule has 0 aliphatic carbocycles. The van der Waals surface area contributed by atoms with Gasteiger partial charge in [0.1, 0.15) is 5.69 Å². The van der Waals surface area contributed by atoms with Crippen molar-refractivity contribution in [2.45, 2.75) is 19.4 Å². The zero-order valence-electron chi connectivity index (χ0n) is 12.7. The molecule has 1 saturated heterocycles. The quantitative estimate of drug-likeness (QED) is 0.909. The van der Waals surface area contributed by atoms with Crippen molar-refractivity contribution < 1.29 is 9.90 Å². The fraction of sp³-hybridized carbons (Fsp3) is 0.438. The van der Waals surface area contributed by atoms with Crippen LogP contribution in [0, 0.1) is 5.92 Å². The Hall–Kier alpha value is -1.92. The van der Waals surface area contributed by atoms with Crippen LogP contribution in [0.3, 0.4) is 0 Å². The van der Waals surface area contributed by atoms with Gasteiger partial charge < -0.3 is 5.11 Å². The molecule has 2 heterocycles. The molecule has 0 spiro atoms. The van der Waals surface area contributed by atoms with E-state index in [1.807, 2.05) is 40.0 Å². The number of nitrogens with zero attached hydrogens (tertiary/aromatic N) is 4. The van der Waals surface area contributed by atoms with Crippen molar-refractivity contribution in [1.82, 2.24) is 19.9 Å². The lowest BCUT2D eigenvalue weighted by Crippen LogP contribution is -2.38. The minimum Gasteiger partial charge on any atom is -0.480 e. The van der Waals surface area contributed by atoms with E-state index in [1.54, 1.807) is 0 Å². The van der Waals surface area contributed by atoms with E-state index in [0.717, 1.165) is 43.7 Å². The van der Waals surface area contributed by atoms with Gasteiger partial charge in [-0.2, -0.15) is 0 Å². The average Bonchev–Trinajstić information content (AvgIpc) is 2.97. The number of carbonyl (C=O) groups is 1. The van der Waals surface area contributed by atoms with Crippen LogP contribution in [0.4, 0.5) is 0 Å². The normalized spacial score (nSPS) is 16.6. The number of hydrogen-bond acceptors (Lipinski definition) is 4. The summed E-state index contributed by atoms with van der Waals surface area (Å²) in [6.07, 6.45) is 3.91. The second kappa shape index (κ2) is 7.10. The first-order chi connectivity index (χ1) is 11.1. The van der Waals surface area contributed by atoms with Crippen molar-refractivity contribution in [1.29, 1.82) is 0 Å². The van der Waals surface area contributed by atoms with E-state index in [9.17, 15) is 4.79 Å². The van der Waals surface area contributed by atoms with Gasteiger partial charge in [0.05, 0.1) is 12.7 Å². The van der Waals surface area contributed by atoms with Gasteiger partial charge in [0.15, 0.2) is 0 Å². The zero-order chi connectivity index (χ0) is 16.2. The summed E-state index contributed by atoms with van der Waals surface area (Å²) in [7, 11) is 0. The summed E-state index contributed by atoms with van der Waals surface area (Å²) < 4.78 is 1.87. The van der Waals surface area contributed by atoms with Crippen molar-refractivity contribution in [2.75, 3.05) is 19.6 Å². The molecule has 1 aliphatic rings. The molecule has 0 amide bonds. The molecule has 23 heavy (non-hydrogen) atoms. The van der Waals surface area contributed by atoms with E-state index < -0.39 is 5.97 Å². The second-order valence-electron chi connectivity index (χ2n) is 5.95. The Labute approximate surface area is 139 Å². The molecule has 0 atom stereocenters. The first-order valence-corrected chi connectivity index (χ1v) is 8.08. The minimum absolute atomic E-state index is 0.134. The molecule has 7 heteroatoms. The predicted octanol–water partition coefficient (Wildman–Crippen LogP) is 2.40. The maximum atomic E-state index is 10.7. The van der Waals surface area contributed by atoms with Gasteiger partial charge in [-0.3, -0.25) is 14.4 Å². The molecule has 1 aromatic carbocycles. The minimum atomic E-state index is -0.758. The summed E-state index contributed by atoms with van der Waals surface area (Å²) in [5, 5.41) is 17.9. The summed E-state index contributed by atoms with van der Waals surface area (Å²) in [5.41, 5.74) is 1.77. The van der Waals surface area contributed by atoms with E-state index in [-0.39, 0.29) is 6.54 Å². The Balaban J connectivity index is 1.57. The van der Waals surface area contributed by atoms with Gasteiger partial charge in [-0.05, 0) is 44.0 Å². The van der Waals surface area contributed by atoms with Crippen LogP contribution in [0.1, 0.15) is 12.8 Å². The van der Waals surface area contributed by atoms with Crippen LogP contribution in [-0.2, 0) is 11.3 Å². The number of likely N-dealkylation sites (tertiary alicyclic amines) is 1. The number of piperidine rings is 1. The van der Waals surface area contributed by atoms with E-state index in [0.29, 0.717) is 10.9 Å². The first kappa shape index (κ1) is 16.0. The summed E-state index contributed by atoms with van der Waals surface area (Å²) in [4.78, 5) is 12.7.